The third kappa shape index (κ3) is 18.3. The number of unbranched alkanes of at least 4 members (excludes halogenated alkanes) is 2. The zero-order chi connectivity index (χ0) is 67.2. The van der Waals surface area contributed by atoms with E-state index in [1.165, 1.54) is 46.1 Å². The molecule has 1 fully saturated rings. The molecule has 9 rings (SSSR count). The third-order valence-electron chi connectivity index (χ3n) is 16.9. The molecule has 0 spiro atoms. The molecule has 22 nitrogen and oxygen atoms in total. The second-order valence-corrected chi connectivity index (χ2v) is 26.9. The SMILES string of the molecule is Cc1csc2c(OC(=O)N(C)CC(C)(C)CN(C)C(=O)OCc3ccc(NC(=O)CNC(=O)[C@H](CC(C)C)NC(=O)[C@H](Cc4ccccc4)NC(=O)CCCCCN4C(=O)C=CC4=O)cc3)cc3c(c12)[C@H](CCl)CN3C(=O)c1cc2cc(OCCN3CCCC3)ccc2[nH]1. The molecule has 6 aromatic rings. The highest BCUT2D eigenvalue weighted by molar-refractivity contribution is 7.17. The van der Waals surface area contributed by atoms with E-state index in [0.717, 1.165) is 68.0 Å². The fourth-order valence-electron chi connectivity index (χ4n) is 12.3. The molecule has 4 aromatic carbocycles. The molecule has 0 unspecified atom stereocenters. The van der Waals surface area contributed by atoms with Crippen LogP contribution in [-0.4, -0.2) is 169 Å². The van der Waals surface area contributed by atoms with Crippen LogP contribution in [-0.2, 0) is 46.5 Å². The second kappa shape index (κ2) is 31.9. The Morgan fingerprint density at radius 2 is 1.51 bits per heavy atom. The number of aromatic amines is 1. The van der Waals surface area contributed by atoms with Crippen LogP contribution in [0.25, 0.3) is 21.0 Å². The summed E-state index contributed by atoms with van der Waals surface area (Å²) in [5.74, 6) is -1.84. The molecule has 9 amide bonds. The number of nitrogens with zero attached hydrogens (tertiary/aromatic N) is 5. The molecule has 0 bridgehead atoms. The Balaban J connectivity index is 0.725. The fourth-order valence-corrected chi connectivity index (χ4v) is 13.6. The first-order valence-corrected chi connectivity index (χ1v) is 33.5. The van der Waals surface area contributed by atoms with Gasteiger partial charge in [0.2, 0.25) is 23.6 Å². The summed E-state index contributed by atoms with van der Waals surface area (Å²) >= 11 is 8.10. The number of carbonyl (C=O) groups is 9. The van der Waals surface area contributed by atoms with Gasteiger partial charge in [-0.1, -0.05) is 76.6 Å². The van der Waals surface area contributed by atoms with Crippen molar-refractivity contribution in [1.29, 1.82) is 0 Å². The molecular formula is C70H85ClN10O12S. The van der Waals surface area contributed by atoms with Crippen LogP contribution in [0.5, 0.6) is 11.5 Å². The number of nitrogens with one attached hydrogen (secondary N) is 5. The van der Waals surface area contributed by atoms with E-state index in [2.05, 4.69) is 31.2 Å². The highest BCUT2D eigenvalue weighted by Crippen LogP contribution is 2.49. The van der Waals surface area contributed by atoms with Crippen LogP contribution < -0.4 is 35.6 Å². The van der Waals surface area contributed by atoms with Crippen molar-refractivity contribution in [3.8, 4) is 11.5 Å². The Labute approximate surface area is 557 Å². The molecule has 3 aliphatic heterocycles. The summed E-state index contributed by atoms with van der Waals surface area (Å²) in [5.41, 5.74) is 4.98. The topological polar surface area (TPSA) is 261 Å². The fraction of sp³-hybridized carbons (Fsp3) is 0.443. The van der Waals surface area contributed by atoms with Crippen molar-refractivity contribution in [2.45, 2.75) is 111 Å². The van der Waals surface area contributed by atoms with E-state index in [1.807, 2.05) is 94.6 Å². The van der Waals surface area contributed by atoms with Crippen LogP contribution >= 0.6 is 22.9 Å². The molecule has 0 aliphatic carbocycles. The smallest absolute Gasteiger partial charge is 0.415 e. The first kappa shape index (κ1) is 69.5. The van der Waals surface area contributed by atoms with E-state index in [1.54, 1.807) is 49.3 Å². The van der Waals surface area contributed by atoms with Gasteiger partial charge < -0.3 is 55.2 Å². The number of H-pyrrole nitrogens is 1. The Morgan fingerprint density at radius 3 is 2.21 bits per heavy atom. The lowest BCUT2D eigenvalue weighted by atomic mass is 9.92. The van der Waals surface area contributed by atoms with Crippen molar-refractivity contribution in [1.82, 2.24) is 40.5 Å². The molecule has 24 heteroatoms. The van der Waals surface area contributed by atoms with Crippen LogP contribution in [0.4, 0.5) is 21.0 Å². The van der Waals surface area contributed by atoms with Crippen molar-refractivity contribution in [2.24, 2.45) is 11.3 Å². The first-order valence-electron chi connectivity index (χ1n) is 32.1. The number of aromatic nitrogens is 1. The van der Waals surface area contributed by atoms with Crippen molar-refractivity contribution in [3.63, 3.8) is 0 Å². The normalized spacial score (nSPS) is 15.3. The van der Waals surface area contributed by atoms with Gasteiger partial charge in [0.25, 0.3) is 17.7 Å². The number of imide groups is 1. The van der Waals surface area contributed by atoms with Crippen LogP contribution in [0.15, 0.2) is 102 Å². The van der Waals surface area contributed by atoms with Crippen molar-refractivity contribution < 1.29 is 57.4 Å². The summed E-state index contributed by atoms with van der Waals surface area (Å²) in [5, 5.41) is 14.8. The van der Waals surface area contributed by atoms with E-state index in [9.17, 15) is 43.2 Å². The molecule has 5 N–H and O–H groups in total. The number of hydrogen-bond donors (Lipinski definition) is 5. The number of fused-ring (bicyclic) bond motifs is 4. The van der Waals surface area contributed by atoms with Gasteiger partial charge in [-0.15, -0.1) is 22.9 Å². The third-order valence-corrected chi connectivity index (χ3v) is 18.4. The number of carbonyl (C=O) groups excluding carboxylic acids is 9. The second-order valence-electron chi connectivity index (χ2n) is 25.8. The molecule has 94 heavy (non-hydrogen) atoms. The molecule has 3 aliphatic rings. The highest BCUT2D eigenvalue weighted by Gasteiger charge is 2.38. The zero-order valence-electron chi connectivity index (χ0n) is 54.5. The van der Waals surface area contributed by atoms with E-state index < -0.39 is 54.0 Å². The lowest BCUT2D eigenvalue weighted by molar-refractivity contribution is -0.137. The average molecular weight is 1330 g/mol. The predicted octanol–water partition coefficient (Wildman–Crippen LogP) is 9.67. The summed E-state index contributed by atoms with van der Waals surface area (Å²) in [6.45, 7) is 13.8. The molecule has 500 valence electrons. The summed E-state index contributed by atoms with van der Waals surface area (Å²) in [4.78, 5) is 131. The number of likely N-dealkylation sites (tertiary alicyclic amines) is 1. The van der Waals surface area contributed by atoms with E-state index >= 15 is 0 Å². The Hall–Kier alpha value is -8.80. The quantitative estimate of drug-likeness (QED) is 0.0160. The molecular weight excluding hydrogens is 1240 g/mol. The minimum atomic E-state index is -1.02. The largest absolute Gasteiger partial charge is 0.492 e. The average Bonchev–Trinajstić information content (AvgIpc) is 1.57. The van der Waals surface area contributed by atoms with Crippen molar-refractivity contribution in [2.75, 3.05) is 89.2 Å². The number of amides is 9. The summed E-state index contributed by atoms with van der Waals surface area (Å²) in [6, 6.07) is 23.2. The number of hydrogen-bond acceptors (Lipinski definition) is 14. The zero-order valence-corrected chi connectivity index (χ0v) is 56.1. The van der Waals surface area contributed by atoms with Gasteiger partial charge in [0.15, 0.2) is 5.75 Å². The van der Waals surface area contributed by atoms with Gasteiger partial charge in [-0.25, -0.2) is 9.59 Å². The number of ether oxygens (including phenoxy) is 3. The Morgan fingerprint density at radius 1 is 0.798 bits per heavy atom. The van der Waals surface area contributed by atoms with Gasteiger partial charge in [-0.2, -0.15) is 0 Å². The van der Waals surface area contributed by atoms with Crippen LogP contribution in [0.1, 0.15) is 111 Å². The minimum absolute atomic E-state index is 0.0281. The Bertz CT molecular complexity index is 3750. The van der Waals surface area contributed by atoms with Crippen LogP contribution in [0.2, 0.25) is 0 Å². The van der Waals surface area contributed by atoms with Crippen LogP contribution in [0, 0.1) is 18.3 Å². The number of rotatable bonds is 30. The van der Waals surface area contributed by atoms with E-state index in [4.69, 9.17) is 25.8 Å². The molecule has 0 saturated carbocycles. The number of aryl methyl sites for hydroxylation is 1. The monoisotopic (exact) mass is 1320 g/mol. The van der Waals surface area contributed by atoms with Crippen LogP contribution in [0.3, 0.4) is 0 Å². The highest BCUT2D eigenvalue weighted by atomic mass is 35.5. The van der Waals surface area contributed by atoms with Gasteiger partial charge in [0, 0.05) is 117 Å². The molecule has 1 saturated heterocycles. The van der Waals surface area contributed by atoms with Gasteiger partial charge >= 0.3 is 12.2 Å². The maximum absolute atomic E-state index is 14.5. The molecule has 0 radical (unpaired) electrons. The molecule has 3 atom stereocenters. The minimum Gasteiger partial charge on any atom is -0.492 e. The number of thiophene rings is 1. The van der Waals surface area contributed by atoms with Crippen molar-refractivity contribution >= 4 is 109 Å². The maximum Gasteiger partial charge on any atom is 0.415 e. The van der Waals surface area contributed by atoms with Gasteiger partial charge in [0.05, 0.1) is 16.9 Å². The maximum atomic E-state index is 14.5. The standard InChI is InChI=1S/C70H85ClN10O12S/c1-44(2)32-53(76-66(87)54(33-46-16-10-8-11-17-46)75-58(82)18-12-9-13-29-80-60(84)25-26-61(80)85)65(86)72-38-59(83)73-50-21-19-47(20-22-50)40-92-68(89)77(6)42-70(4,5)43-78(7)69(90)93-57-36-56-63(62-45(3)41-94-64(57)62)49(37-71)39-81(56)67(88)55-35-48-34-51(23-24-52(48)74-55)91-31-30-79-27-14-15-28-79/h8,10-11,16-17,19-26,34-36,41,44,49,53-54,74H,9,12-15,18,27-33,37-40,42-43H2,1-7H3,(H,72,86)(H,73,83)(H,75,82)(H,76,87)/t49-,53+,54+/m1/s1. The molecule has 2 aromatic heterocycles. The number of anilines is 2. The predicted molar refractivity (Wildman–Crippen MR) is 362 cm³/mol. The molecule has 5 heterocycles. The van der Waals surface area contributed by atoms with Gasteiger partial charge in [-0.05, 0) is 122 Å². The lowest BCUT2D eigenvalue weighted by Gasteiger charge is -2.33. The van der Waals surface area contributed by atoms with Crippen molar-refractivity contribution in [3.05, 3.63) is 130 Å². The van der Waals surface area contributed by atoms with E-state index in [0.29, 0.717) is 60.8 Å². The first-order chi connectivity index (χ1) is 45.0. The summed E-state index contributed by atoms with van der Waals surface area (Å²) in [7, 11) is 3.24. The summed E-state index contributed by atoms with van der Waals surface area (Å²) in [6.07, 6.45) is 5.77. The van der Waals surface area contributed by atoms with Gasteiger partial charge in [0.1, 0.15) is 36.7 Å². The van der Waals surface area contributed by atoms with E-state index in [-0.39, 0.29) is 86.8 Å². The number of alkyl halides is 1. The number of benzene rings is 4. The lowest BCUT2D eigenvalue weighted by Crippen LogP contribution is -2.55. The van der Waals surface area contributed by atoms with Gasteiger partial charge in [-0.3, -0.25) is 43.4 Å². The number of halogens is 1. The summed E-state index contributed by atoms with van der Waals surface area (Å²) < 4.78 is 18.7. The Kier molecular flexibility index (Phi) is 23.6.